The summed E-state index contributed by atoms with van der Waals surface area (Å²) in [5, 5.41) is 3.44. The fourth-order valence-electron chi connectivity index (χ4n) is 4.01. The third-order valence-corrected chi connectivity index (χ3v) is 8.02. The highest BCUT2D eigenvalue weighted by Crippen LogP contribution is 2.27. The lowest BCUT2D eigenvalue weighted by molar-refractivity contribution is -0.126. The highest BCUT2D eigenvalue weighted by Gasteiger charge is 2.32. The van der Waals surface area contributed by atoms with E-state index in [1.54, 1.807) is 19.1 Å². The van der Waals surface area contributed by atoms with Crippen molar-refractivity contribution < 1.29 is 13.2 Å². The number of nitrogens with zero attached hydrogens (tertiary/aromatic N) is 2. The average molecular weight is 428 g/mol. The van der Waals surface area contributed by atoms with Crippen molar-refractivity contribution in [3.05, 3.63) is 28.8 Å². The average Bonchev–Trinajstić information content (AvgIpc) is 3.20. The molecule has 6 nitrogen and oxygen atoms in total. The Labute approximate surface area is 173 Å². The van der Waals surface area contributed by atoms with E-state index >= 15 is 0 Å². The van der Waals surface area contributed by atoms with Crippen LogP contribution < -0.4 is 5.32 Å². The molecule has 0 unspecified atom stereocenters. The maximum Gasteiger partial charge on any atom is 0.243 e. The Kier molecular flexibility index (Phi) is 7.36. The first-order valence-electron chi connectivity index (χ1n) is 10.1. The van der Waals surface area contributed by atoms with Crippen molar-refractivity contribution in [2.24, 2.45) is 5.92 Å². The maximum atomic E-state index is 12.9. The summed E-state index contributed by atoms with van der Waals surface area (Å²) < 4.78 is 27.3. The highest BCUT2D eigenvalue weighted by atomic mass is 35.5. The number of benzene rings is 1. The van der Waals surface area contributed by atoms with Gasteiger partial charge in [0.05, 0.1) is 4.90 Å². The highest BCUT2D eigenvalue weighted by molar-refractivity contribution is 7.89. The van der Waals surface area contributed by atoms with Crippen molar-refractivity contribution in [3.63, 3.8) is 0 Å². The molecule has 2 saturated heterocycles. The van der Waals surface area contributed by atoms with Gasteiger partial charge in [0.1, 0.15) is 0 Å². The fourth-order valence-corrected chi connectivity index (χ4v) is 5.97. The standard InChI is InChI=1S/C20H30ClN3O3S/c1-16-5-6-18(21)15-19(16)28(26,27)24-13-7-17(8-14-24)20(25)22-9-4-12-23-10-2-3-11-23/h5-6,15,17H,2-4,7-14H2,1H3,(H,22,25). The molecule has 1 aromatic carbocycles. The molecule has 1 N–H and O–H groups in total. The smallest absolute Gasteiger partial charge is 0.243 e. The van der Waals surface area contributed by atoms with E-state index in [0.717, 1.165) is 13.0 Å². The minimum absolute atomic E-state index is 0.0532. The number of likely N-dealkylation sites (tertiary alicyclic amines) is 1. The van der Waals surface area contributed by atoms with Gasteiger partial charge in [0.25, 0.3) is 0 Å². The second kappa shape index (κ2) is 9.57. The number of nitrogens with one attached hydrogen (secondary N) is 1. The lowest BCUT2D eigenvalue weighted by Crippen LogP contribution is -2.43. The molecule has 8 heteroatoms. The van der Waals surface area contributed by atoms with Crippen molar-refractivity contribution >= 4 is 27.5 Å². The van der Waals surface area contributed by atoms with E-state index in [9.17, 15) is 13.2 Å². The molecule has 1 amide bonds. The van der Waals surface area contributed by atoms with Crippen molar-refractivity contribution in [2.45, 2.75) is 43.9 Å². The zero-order valence-electron chi connectivity index (χ0n) is 16.5. The summed E-state index contributed by atoms with van der Waals surface area (Å²) in [5.41, 5.74) is 0.683. The molecule has 1 aromatic rings. The predicted molar refractivity (Wildman–Crippen MR) is 111 cm³/mol. The first-order valence-corrected chi connectivity index (χ1v) is 12.0. The van der Waals surface area contributed by atoms with Gasteiger partial charge in [0.15, 0.2) is 0 Å². The molecule has 0 spiro atoms. The van der Waals surface area contributed by atoms with Crippen LogP contribution in [0.5, 0.6) is 0 Å². The molecule has 28 heavy (non-hydrogen) atoms. The van der Waals surface area contributed by atoms with Crippen LogP contribution in [0.4, 0.5) is 0 Å². The zero-order valence-corrected chi connectivity index (χ0v) is 18.1. The van der Waals surface area contributed by atoms with Gasteiger partial charge >= 0.3 is 0 Å². The number of piperidine rings is 1. The second-order valence-corrected chi connectivity index (χ2v) is 10.1. The minimum atomic E-state index is -3.58. The first kappa shape index (κ1) is 21.6. The fraction of sp³-hybridized carbons (Fsp3) is 0.650. The van der Waals surface area contributed by atoms with E-state index in [-0.39, 0.29) is 16.7 Å². The summed E-state index contributed by atoms with van der Waals surface area (Å²) in [5.74, 6) is -0.0592. The van der Waals surface area contributed by atoms with E-state index in [2.05, 4.69) is 10.2 Å². The molecular formula is C20H30ClN3O3S. The third-order valence-electron chi connectivity index (χ3n) is 5.74. The lowest BCUT2D eigenvalue weighted by Gasteiger charge is -2.31. The quantitative estimate of drug-likeness (QED) is 0.679. The monoisotopic (exact) mass is 427 g/mol. The SMILES string of the molecule is Cc1ccc(Cl)cc1S(=O)(=O)N1CCC(C(=O)NCCCN2CCCC2)CC1. The van der Waals surface area contributed by atoms with Crippen LogP contribution in [0.3, 0.4) is 0 Å². The van der Waals surface area contributed by atoms with E-state index in [4.69, 9.17) is 11.6 Å². The number of hydrogen-bond donors (Lipinski definition) is 1. The number of rotatable bonds is 7. The summed E-state index contributed by atoms with van der Waals surface area (Å²) >= 11 is 5.99. The molecule has 0 bridgehead atoms. The summed E-state index contributed by atoms with van der Waals surface area (Å²) in [6.07, 6.45) is 4.63. The Bertz CT molecular complexity index is 786. The number of carbonyl (C=O) groups excluding carboxylic acids is 1. The molecule has 0 radical (unpaired) electrons. The Morgan fingerprint density at radius 3 is 2.54 bits per heavy atom. The molecular weight excluding hydrogens is 398 g/mol. The summed E-state index contributed by atoms with van der Waals surface area (Å²) in [6.45, 7) is 6.57. The molecule has 3 rings (SSSR count). The van der Waals surface area contributed by atoms with Crippen LogP contribution in [0.1, 0.15) is 37.7 Å². The number of aryl methyl sites for hydroxylation is 1. The van der Waals surface area contributed by atoms with Crippen LogP contribution in [-0.2, 0) is 14.8 Å². The predicted octanol–water partition coefficient (Wildman–Crippen LogP) is 2.65. The van der Waals surface area contributed by atoms with Gasteiger partial charge < -0.3 is 10.2 Å². The van der Waals surface area contributed by atoms with Crippen LogP contribution in [-0.4, -0.2) is 62.8 Å². The Hall–Kier alpha value is -1.15. The number of amides is 1. The molecule has 2 heterocycles. The van der Waals surface area contributed by atoms with E-state index < -0.39 is 10.0 Å². The van der Waals surface area contributed by atoms with Gasteiger partial charge in [-0.3, -0.25) is 4.79 Å². The van der Waals surface area contributed by atoms with E-state index in [1.165, 1.54) is 36.3 Å². The molecule has 0 aromatic heterocycles. The lowest BCUT2D eigenvalue weighted by atomic mass is 9.97. The molecule has 156 valence electrons. The zero-order chi connectivity index (χ0) is 20.1. The van der Waals surface area contributed by atoms with Gasteiger partial charge in [-0.25, -0.2) is 8.42 Å². The third kappa shape index (κ3) is 5.26. The van der Waals surface area contributed by atoms with Crippen LogP contribution in [0.25, 0.3) is 0 Å². The maximum absolute atomic E-state index is 12.9. The van der Waals surface area contributed by atoms with Crippen molar-refractivity contribution in [1.29, 1.82) is 0 Å². The van der Waals surface area contributed by atoms with Gasteiger partial charge in [-0.05, 0) is 76.4 Å². The summed E-state index contributed by atoms with van der Waals surface area (Å²) in [6, 6.07) is 4.92. The minimum Gasteiger partial charge on any atom is -0.356 e. The van der Waals surface area contributed by atoms with Crippen LogP contribution >= 0.6 is 11.6 Å². The second-order valence-electron chi connectivity index (χ2n) is 7.78. The molecule has 0 saturated carbocycles. The van der Waals surface area contributed by atoms with Gasteiger partial charge in [-0.1, -0.05) is 17.7 Å². The van der Waals surface area contributed by atoms with E-state index in [0.29, 0.717) is 43.1 Å². The normalized spacial score (nSPS) is 19.8. The number of hydrogen-bond acceptors (Lipinski definition) is 4. The van der Waals surface area contributed by atoms with Crippen LogP contribution in [0, 0.1) is 12.8 Å². The Balaban J connectivity index is 1.46. The molecule has 0 aliphatic carbocycles. The Morgan fingerprint density at radius 1 is 1.18 bits per heavy atom. The summed E-state index contributed by atoms with van der Waals surface area (Å²) in [7, 11) is -3.58. The number of sulfonamides is 1. The van der Waals surface area contributed by atoms with Gasteiger partial charge in [-0.15, -0.1) is 0 Å². The van der Waals surface area contributed by atoms with Gasteiger partial charge in [0, 0.05) is 30.6 Å². The van der Waals surface area contributed by atoms with Gasteiger partial charge in [0.2, 0.25) is 15.9 Å². The molecule has 2 aliphatic heterocycles. The number of halogens is 1. The molecule has 0 atom stereocenters. The van der Waals surface area contributed by atoms with Crippen molar-refractivity contribution in [3.8, 4) is 0 Å². The van der Waals surface area contributed by atoms with Crippen LogP contribution in [0.2, 0.25) is 5.02 Å². The molecule has 2 fully saturated rings. The van der Waals surface area contributed by atoms with Gasteiger partial charge in [-0.2, -0.15) is 4.31 Å². The molecule has 2 aliphatic rings. The topological polar surface area (TPSA) is 69.7 Å². The van der Waals surface area contributed by atoms with Crippen molar-refractivity contribution in [1.82, 2.24) is 14.5 Å². The summed E-state index contributed by atoms with van der Waals surface area (Å²) in [4.78, 5) is 15.1. The first-order chi connectivity index (χ1) is 13.4. The largest absolute Gasteiger partial charge is 0.356 e. The van der Waals surface area contributed by atoms with E-state index in [1.807, 2.05) is 0 Å². The van der Waals surface area contributed by atoms with Crippen molar-refractivity contribution in [2.75, 3.05) is 39.3 Å². The van der Waals surface area contributed by atoms with Crippen LogP contribution in [0.15, 0.2) is 23.1 Å². The Morgan fingerprint density at radius 2 is 1.86 bits per heavy atom. The number of carbonyl (C=O) groups is 1.